The summed E-state index contributed by atoms with van der Waals surface area (Å²) in [4.78, 5) is 16.3. The molecule has 36 heavy (non-hydrogen) atoms. The van der Waals surface area contributed by atoms with Crippen LogP contribution in [-0.4, -0.2) is 41.3 Å². The van der Waals surface area contributed by atoms with Gasteiger partial charge in [0.05, 0.1) is 21.2 Å². The maximum absolute atomic E-state index is 13.7. The fourth-order valence-corrected chi connectivity index (χ4v) is 5.93. The van der Waals surface area contributed by atoms with Crippen molar-refractivity contribution in [2.24, 2.45) is 0 Å². The van der Waals surface area contributed by atoms with E-state index >= 15 is 0 Å². The average Bonchev–Trinajstić information content (AvgIpc) is 3.25. The molecule has 2 aromatic heterocycles. The van der Waals surface area contributed by atoms with Crippen LogP contribution in [0.3, 0.4) is 0 Å². The van der Waals surface area contributed by atoms with Crippen LogP contribution in [0.5, 0.6) is 5.75 Å². The molecule has 3 aromatic rings. The zero-order chi connectivity index (χ0) is 25.9. The molecule has 0 fully saturated rings. The third-order valence-electron chi connectivity index (χ3n) is 6.55. The number of benzene rings is 1. The van der Waals surface area contributed by atoms with Crippen molar-refractivity contribution in [2.45, 2.75) is 72.1 Å². The Labute approximate surface area is 233 Å². The summed E-state index contributed by atoms with van der Waals surface area (Å²) in [6, 6.07) is 12.0. The molecule has 196 valence electrons. The maximum atomic E-state index is 13.7. The first-order valence-corrected chi connectivity index (χ1v) is 15.1. The van der Waals surface area contributed by atoms with E-state index in [9.17, 15) is 4.79 Å². The maximum Gasteiger partial charge on any atom is 0.210 e. The third-order valence-corrected chi connectivity index (χ3v) is 7.73. The number of fused-ring (bicyclic) bond motifs is 1. The lowest BCUT2D eigenvalue weighted by molar-refractivity contribution is 0.103. The molecule has 0 saturated heterocycles. The summed E-state index contributed by atoms with van der Waals surface area (Å²) < 4.78 is 9.77. The minimum Gasteiger partial charge on any atom is -0.491 e. The lowest BCUT2D eigenvalue weighted by Crippen LogP contribution is -2.28. The van der Waals surface area contributed by atoms with Gasteiger partial charge >= 0.3 is 0 Å². The normalized spacial score (nSPS) is 11.5. The Morgan fingerprint density at radius 2 is 1.53 bits per heavy atom. The van der Waals surface area contributed by atoms with E-state index in [1.807, 2.05) is 34.9 Å². The topological polar surface area (TPSA) is 34.0 Å². The predicted molar refractivity (Wildman–Crippen MR) is 158 cm³/mol. The summed E-state index contributed by atoms with van der Waals surface area (Å²) >= 11 is 7.33. The SMILES string of the molecule is CCCCc1cc2ccccn2c1C(=O)c1cc(Br)c(OCCCN(CCCC)CCCC)c(Br)c1. The number of unbranched alkanes of at least 4 members (excludes halogenated alkanes) is 3. The van der Waals surface area contributed by atoms with Gasteiger partial charge in [-0.3, -0.25) is 4.79 Å². The molecule has 0 radical (unpaired) electrons. The Morgan fingerprint density at radius 1 is 0.889 bits per heavy atom. The van der Waals surface area contributed by atoms with Gasteiger partial charge < -0.3 is 14.0 Å². The Morgan fingerprint density at radius 3 is 2.17 bits per heavy atom. The minimum atomic E-state index is 0.0303. The predicted octanol–water partition coefficient (Wildman–Crippen LogP) is 8.71. The number of pyridine rings is 1. The summed E-state index contributed by atoms with van der Waals surface area (Å²) in [5, 5.41) is 0. The van der Waals surface area contributed by atoms with E-state index in [0.29, 0.717) is 12.2 Å². The molecule has 0 aliphatic carbocycles. The van der Waals surface area contributed by atoms with Crippen molar-refractivity contribution in [3.63, 3.8) is 0 Å². The van der Waals surface area contributed by atoms with Gasteiger partial charge in [0, 0.05) is 23.8 Å². The smallest absolute Gasteiger partial charge is 0.210 e. The number of aromatic nitrogens is 1. The summed E-state index contributed by atoms with van der Waals surface area (Å²) in [5.74, 6) is 0.786. The monoisotopic (exact) mass is 618 g/mol. The van der Waals surface area contributed by atoms with Crippen molar-refractivity contribution in [3.8, 4) is 5.75 Å². The number of halogens is 2. The molecule has 0 atom stereocenters. The lowest BCUT2D eigenvalue weighted by Gasteiger charge is -2.22. The van der Waals surface area contributed by atoms with Crippen molar-refractivity contribution in [1.82, 2.24) is 9.30 Å². The van der Waals surface area contributed by atoms with Crippen LogP contribution in [0.15, 0.2) is 51.5 Å². The van der Waals surface area contributed by atoms with Crippen molar-refractivity contribution in [1.29, 1.82) is 0 Å². The molecule has 4 nitrogen and oxygen atoms in total. The quantitative estimate of drug-likeness (QED) is 0.119. The van der Waals surface area contributed by atoms with Crippen LogP contribution in [-0.2, 0) is 6.42 Å². The number of rotatable bonds is 16. The number of ketones is 1. The zero-order valence-electron chi connectivity index (χ0n) is 22.0. The van der Waals surface area contributed by atoms with Gasteiger partial charge in [0.2, 0.25) is 5.78 Å². The molecule has 0 saturated carbocycles. The summed E-state index contributed by atoms with van der Waals surface area (Å²) in [5.41, 5.74) is 3.56. The first-order valence-electron chi connectivity index (χ1n) is 13.5. The van der Waals surface area contributed by atoms with E-state index in [2.05, 4.69) is 69.7 Å². The minimum absolute atomic E-state index is 0.0303. The molecular weight excluding hydrogens is 580 g/mol. The van der Waals surface area contributed by atoms with Gasteiger partial charge in [-0.1, -0.05) is 46.1 Å². The van der Waals surface area contributed by atoms with Crippen LogP contribution in [0.4, 0.5) is 0 Å². The first-order chi connectivity index (χ1) is 17.5. The van der Waals surface area contributed by atoms with Gasteiger partial charge in [0.1, 0.15) is 5.75 Å². The van der Waals surface area contributed by atoms with Crippen LogP contribution >= 0.6 is 31.9 Å². The highest BCUT2D eigenvalue weighted by molar-refractivity contribution is 9.11. The number of ether oxygens (including phenoxy) is 1. The molecule has 0 aliphatic heterocycles. The number of hydrogen-bond donors (Lipinski definition) is 0. The van der Waals surface area contributed by atoms with Crippen LogP contribution in [0, 0.1) is 0 Å². The second-order valence-electron chi connectivity index (χ2n) is 9.47. The van der Waals surface area contributed by atoms with E-state index in [-0.39, 0.29) is 5.78 Å². The fourth-order valence-electron chi connectivity index (χ4n) is 4.52. The van der Waals surface area contributed by atoms with E-state index in [0.717, 1.165) is 76.8 Å². The molecule has 0 unspecified atom stereocenters. The van der Waals surface area contributed by atoms with Crippen molar-refractivity contribution in [3.05, 3.63) is 68.4 Å². The number of nitrogens with zero attached hydrogens (tertiary/aromatic N) is 2. The first kappa shape index (κ1) is 28.9. The highest BCUT2D eigenvalue weighted by Crippen LogP contribution is 2.36. The van der Waals surface area contributed by atoms with Gasteiger partial charge in [-0.25, -0.2) is 0 Å². The van der Waals surface area contributed by atoms with Gasteiger partial charge in [-0.05, 0) is 113 Å². The highest BCUT2D eigenvalue weighted by atomic mass is 79.9. The molecule has 0 aliphatic rings. The summed E-state index contributed by atoms with van der Waals surface area (Å²) in [6.45, 7) is 10.7. The van der Waals surface area contributed by atoms with Gasteiger partial charge in [-0.15, -0.1) is 0 Å². The molecule has 0 spiro atoms. The van der Waals surface area contributed by atoms with Crippen LogP contribution < -0.4 is 4.74 Å². The second kappa shape index (κ2) is 14.9. The molecule has 2 heterocycles. The Hall–Kier alpha value is -1.63. The molecule has 0 N–H and O–H groups in total. The second-order valence-corrected chi connectivity index (χ2v) is 11.2. The molecular formula is C30H40Br2N2O2. The lowest BCUT2D eigenvalue weighted by atomic mass is 10.0. The van der Waals surface area contributed by atoms with Crippen molar-refractivity contribution >= 4 is 43.2 Å². The molecule has 1 aromatic carbocycles. The Bertz CT molecular complexity index is 1090. The van der Waals surface area contributed by atoms with E-state index in [4.69, 9.17) is 4.74 Å². The van der Waals surface area contributed by atoms with E-state index < -0.39 is 0 Å². The van der Waals surface area contributed by atoms with E-state index in [1.54, 1.807) is 0 Å². The van der Waals surface area contributed by atoms with Crippen molar-refractivity contribution < 1.29 is 9.53 Å². The summed E-state index contributed by atoms with van der Waals surface area (Å²) in [7, 11) is 0. The average molecular weight is 620 g/mol. The van der Waals surface area contributed by atoms with Gasteiger partial charge in [0.25, 0.3) is 0 Å². The third kappa shape index (κ3) is 7.69. The number of carbonyl (C=O) groups excluding carboxylic acids is 1. The van der Waals surface area contributed by atoms with Gasteiger partial charge in [0.15, 0.2) is 0 Å². The van der Waals surface area contributed by atoms with Crippen LogP contribution in [0.25, 0.3) is 5.52 Å². The van der Waals surface area contributed by atoms with Gasteiger partial charge in [-0.2, -0.15) is 0 Å². The molecule has 3 rings (SSSR count). The molecule has 6 heteroatoms. The number of hydrogen-bond acceptors (Lipinski definition) is 3. The van der Waals surface area contributed by atoms with Crippen molar-refractivity contribution in [2.75, 3.05) is 26.2 Å². The van der Waals surface area contributed by atoms with E-state index in [1.165, 1.54) is 25.7 Å². The Balaban J connectivity index is 1.71. The summed E-state index contributed by atoms with van der Waals surface area (Å²) in [6.07, 6.45) is 10.9. The number of carbonyl (C=O) groups is 1. The Kier molecular flexibility index (Phi) is 12.0. The standard InChI is InChI=1S/C30H40Br2N2O2/c1-4-7-13-23-20-25-14-10-11-18-34(25)28(23)29(35)24-21-26(31)30(27(32)22-24)36-19-12-17-33(15-8-5-2)16-9-6-3/h10-11,14,18,20-22H,4-9,12-13,15-17,19H2,1-3H3. The van der Waals surface area contributed by atoms with Crippen LogP contribution in [0.1, 0.15) is 87.3 Å². The molecule has 0 amide bonds. The fraction of sp³-hybridized carbons (Fsp3) is 0.500. The molecule has 0 bridgehead atoms. The largest absolute Gasteiger partial charge is 0.491 e. The number of aryl methyl sites for hydroxylation is 1. The zero-order valence-corrected chi connectivity index (χ0v) is 25.2. The highest BCUT2D eigenvalue weighted by Gasteiger charge is 2.21. The van der Waals surface area contributed by atoms with Crippen LogP contribution in [0.2, 0.25) is 0 Å².